The van der Waals surface area contributed by atoms with E-state index in [2.05, 4.69) is 31.4 Å². The van der Waals surface area contributed by atoms with Gasteiger partial charge in [-0.15, -0.1) is 10.2 Å². The van der Waals surface area contributed by atoms with Crippen molar-refractivity contribution in [3.63, 3.8) is 0 Å². The van der Waals surface area contributed by atoms with Crippen LogP contribution in [0.4, 0.5) is 10.1 Å². The van der Waals surface area contributed by atoms with Crippen LogP contribution in [0.2, 0.25) is 0 Å². The number of aromatic nitrogens is 2. The molecule has 0 saturated heterocycles. The van der Waals surface area contributed by atoms with Crippen LogP contribution in [0.1, 0.15) is 5.56 Å². The van der Waals surface area contributed by atoms with Crippen molar-refractivity contribution >= 4 is 21.6 Å². The molecule has 4 nitrogen and oxygen atoms in total. The number of rotatable bonds is 4. The summed E-state index contributed by atoms with van der Waals surface area (Å²) in [5, 5.41) is 10.8. The first kappa shape index (κ1) is 13.8. The first-order valence-electron chi connectivity index (χ1n) is 6.27. The molecule has 2 aromatic carbocycles. The lowest BCUT2D eigenvalue weighted by Crippen LogP contribution is -2.00. The van der Waals surface area contributed by atoms with E-state index in [9.17, 15) is 4.39 Å². The lowest BCUT2D eigenvalue weighted by molar-refractivity contribution is 0.568. The third kappa shape index (κ3) is 3.28. The van der Waals surface area contributed by atoms with E-state index in [0.29, 0.717) is 12.4 Å². The summed E-state index contributed by atoms with van der Waals surface area (Å²) in [6.07, 6.45) is 1.30. The van der Waals surface area contributed by atoms with Crippen molar-refractivity contribution < 1.29 is 8.81 Å². The SMILES string of the molecule is Fc1ccc(CNc2cccc(-c3nnco3)c2)c(Br)c1. The molecule has 0 aliphatic carbocycles. The third-order valence-electron chi connectivity index (χ3n) is 2.97. The Morgan fingerprint density at radius 2 is 2.10 bits per heavy atom. The second-order valence-corrected chi connectivity index (χ2v) is 5.27. The summed E-state index contributed by atoms with van der Waals surface area (Å²) in [6, 6.07) is 12.3. The topological polar surface area (TPSA) is 51.0 Å². The molecule has 21 heavy (non-hydrogen) atoms. The number of halogens is 2. The normalized spacial score (nSPS) is 10.6. The van der Waals surface area contributed by atoms with Gasteiger partial charge in [-0.1, -0.05) is 28.1 Å². The molecule has 106 valence electrons. The molecule has 0 saturated carbocycles. The molecular formula is C15H11BrFN3O. The maximum Gasteiger partial charge on any atom is 0.247 e. The lowest BCUT2D eigenvalue weighted by Gasteiger charge is -2.09. The van der Waals surface area contributed by atoms with Gasteiger partial charge in [-0.25, -0.2) is 4.39 Å². The van der Waals surface area contributed by atoms with E-state index < -0.39 is 0 Å². The van der Waals surface area contributed by atoms with Gasteiger partial charge in [0.05, 0.1) is 0 Å². The highest BCUT2D eigenvalue weighted by Crippen LogP contribution is 2.22. The standard InChI is InChI=1S/C15H11BrFN3O/c16-14-7-12(17)5-4-11(14)8-18-13-3-1-2-10(6-13)15-20-19-9-21-15/h1-7,9,18H,8H2. The summed E-state index contributed by atoms with van der Waals surface area (Å²) in [7, 11) is 0. The Morgan fingerprint density at radius 1 is 1.19 bits per heavy atom. The number of nitrogens with zero attached hydrogens (tertiary/aromatic N) is 2. The minimum atomic E-state index is -0.260. The highest BCUT2D eigenvalue weighted by Gasteiger charge is 2.05. The van der Waals surface area contributed by atoms with Gasteiger partial charge in [-0.05, 0) is 35.9 Å². The van der Waals surface area contributed by atoms with Crippen LogP contribution < -0.4 is 5.32 Å². The quantitative estimate of drug-likeness (QED) is 0.766. The lowest BCUT2D eigenvalue weighted by atomic mass is 10.2. The van der Waals surface area contributed by atoms with Crippen molar-refractivity contribution in [2.45, 2.75) is 6.54 Å². The van der Waals surface area contributed by atoms with Crippen LogP contribution in [-0.4, -0.2) is 10.2 Å². The summed E-state index contributed by atoms with van der Waals surface area (Å²) >= 11 is 3.35. The molecule has 0 radical (unpaired) electrons. The Balaban J connectivity index is 1.75. The van der Waals surface area contributed by atoms with E-state index in [0.717, 1.165) is 21.3 Å². The van der Waals surface area contributed by atoms with Crippen molar-refractivity contribution in [1.82, 2.24) is 10.2 Å². The van der Waals surface area contributed by atoms with Gasteiger partial charge in [0.1, 0.15) is 5.82 Å². The van der Waals surface area contributed by atoms with Crippen molar-refractivity contribution in [3.8, 4) is 11.5 Å². The number of nitrogens with one attached hydrogen (secondary N) is 1. The van der Waals surface area contributed by atoms with E-state index in [-0.39, 0.29) is 5.82 Å². The second-order valence-electron chi connectivity index (χ2n) is 4.41. The average Bonchev–Trinajstić information content (AvgIpc) is 3.01. The van der Waals surface area contributed by atoms with Crippen molar-refractivity contribution in [1.29, 1.82) is 0 Å². The third-order valence-corrected chi connectivity index (χ3v) is 3.71. The molecular weight excluding hydrogens is 337 g/mol. The van der Waals surface area contributed by atoms with Gasteiger partial charge < -0.3 is 9.73 Å². The number of hydrogen-bond acceptors (Lipinski definition) is 4. The van der Waals surface area contributed by atoms with Crippen molar-refractivity contribution in [2.75, 3.05) is 5.32 Å². The molecule has 1 heterocycles. The fourth-order valence-electron chi connectivity index (χ4n) is 1.92. The van der Waals surface area contributed by atoms with Crippen LogP contribution in [0.25, 0.3) is 11.5 Å². The average molecular weight is 348 g/mol. The fourth-order valence-corrected chi connectivity index (χ4v) is 2.41. The van der Waals surface area contributed by atoms with Crippen molar-refractivity contribution in [3.05, 3.63) is 64.7 Å². The van der Waals surface area contributed by atoms with E-state index in [1.54, 1.807) is 6.07 Å². The zero-order valence-corrected chi connectivity index (χ0v) is 12.5. The van der Waals surface area contributed by atoms with Crippen molar-refractivity contribution in [2.24, 2.45) is 0 Å². The number of benzene rings is 2. The van der Waals surface area contributed by atoms with Gasteiger partial charge >= 0.3 is 0 Å². The first-order chi connectivity index (χ1) is 10.2. The summed E-state index contributed by atoms with van der Waals surface area (Å²) in [4.78, 5) is 0. The monoisotopic (exact) mass is 347 g/mol. The molecule has 0 fully saturated rings. The predicted octanol–water partition coefficient (Wildman–Crippen LogP) is 4.25. The van der Waals surface area contributed by atoms with Crippen LogP contribution in [0.5, 0.6) is 0 Å². The predicted molar refractivity (Wildman–Crippen MR) is 81.2 cm³/mol. The summed E-state index contributed by atoms with van der Waals surface area (Å²) in [6.45, 7) is 0.578. The highest BCUT2D eigenvalue weighted by atomic mass is 79.9. The molecule has 0 spiro atoms. The Labute approximate surface area is 129 Å². The summed E-state index contributed by atoms with van der Waals surface area (Å²) in [5.74, 6) is 0.214. The minimum absolute atomic E-state index is 0.260. The first-order valence-corrected chi connectivity index (χ1v) is 7.06. The number of hydrogen-bond donors (Lipinski definition) is 1. The molecule has 0 aliphatic rings. The van der Waals surface area contributed by atoms with Crippen LogP contribution in [0.3, 0.4) is 0 Å². The Bertz CT molecular complexity index is 746. The molecule has 0 amide bonds. The Morgan fingerprint density at radius 3 is 2.86 bits per heavy atom. The Hall–Kier alpha value is -2.21. The summed E-state index contributed by atoms with van der Waals surface area (Å²) in [5.41, 5.74) is 2.73. The van der Waals surface area contributed by atoms with Gasteiger partial charge in [0.15, 0.2) is 0 Å². The maximum absolute atomic E-state index is 13.0. The van der Waals surface area contributed by atoms with Gasteiger partial charge in [-0.2, -0.15) is 0 Å². The largest absolute Gasteiger partial charge is 0.423 e. The van der Waals surface area contributed by atoms with Crippen LogP contribution in [0.15, 0.2) is 57.7 Å². The molecule has 0 bridgehead atoms. The van der Waals surface area contributed by atoms with Gasteiger partial charge in [0, 0.05) is 22.3 Å². The van der Waals surface area contributed by atoms with E-state index in [1.165, 1.54) is 18.5 Å². The molecule has 0 atom stereocenters. The number of anilines is 1. The Kier molecular flexibility index (Phi) is 3.96. The smallest absolute Gasteiger partial charge is 0.247 e. The fraction of sp³-hybridized carbons (Fsp3) is 0.0667. The molecule has 3 aromatic rings. The zero-order chi connectivity index (χ0) is 14.7. The van der Waals surface area contributed by atoms with Gasteiger partial charge in [0.2, 0.25) is 12.3 Å². The summed E-state index contributed by atoms with van der Waals surface area (Å²) < 4.78 is 19.0. The minimum Gasteiger partial charge on any atom is -0.423 e. The van der Waals surface area contributed by atoms with Crippen LogP contribution in [-0.2, 0) is 6.54 Å². The van der Waals surface area contributed by atoms with Crippen LogP contribution >= 0.6 is 15.9 Å². The van der Waals surface area contributed by atoms with E-state index >= 15 is 0 Å². The van der Waals surface area contributed by atoms with Gasteiger partial charge in [0.25, 0.3) is 0 Å². The molecule has 0 aliphatic heterocycles. The van der Waals surface area contributed by atoms with E-state index in [4.69, 9.17) is 4.42 Å². The van der Waals surface area contributed by atoms with E-state index in [1.807, 2.05) is 24.3 Å². The molecule has 1 N–H and O–H groups in total. The zero-order valence-electron chi connectivity index (χ0n) is 10.9. The molecule has 1 aromatic heterocycles. The maximum atomic E-state index is 13.0. The molecule has 6 heteroatoms. The van der Waals surface area contributed by atoms with Crippen LogP contribution in [0, 0.1) is 5.82 Å². The second kappa shape index (κ2) is 6.05. The molecule has 3 rings (SSSR count). The highest BCUT2D eigenvalue weighted by molar-refractivity contribution is 9.10. The molecule has 0 unspecified atom stereocenters. The van der Waals surface area contributed by atoms with Gasteiger partial charge in [-0.3, -0.25) is 0 Å².